The zero-order valence-electron chi connectivity index (χ0n) is 18.4. The van der Waals surface area contributed by atoms with Crippen molar-refractivity contribution in [3.05, 3.63) is 23.8 Å². The van der Waals surface area contributed by atoms with E-state index in [1.807, 2.05) is 0 Å². The molecule has 168 valence electrons. The highest BCUT2D eigenvalue weighted by Gasteiger charge is 2.12. The molecule has 0 fully saturated rings. The van der Waals surface area contributed by atoms with Crippen LogP contribution in [0.3, 0.4) is 0 Å². The van der Waals surface area contributed by atoms with Crippen molar-refractivity contribution in [1.29, 1.82) is 0 Å². The van der Waals surface area contributed by atoms with Gasteiger partial charge in [-0.15, -0.1) is 0 Å². The highest BCUT2D eigenvalue weighted by Crippen LogP contribution is 2.23. The van der Waals surface area contributed by atoms with Gasteiger partial charge < -0.3 is 5.11 Å². The number of benzene rings is 1. The second kappa shape index (κ2) is 15.7. The molecule has 4 nitrogen and oxygen atoms in total. The SMILES string of the molecule is CCCCCCCCCCCCCCCCCCc1cc(S(=O)(=O)O)ccc1O. The minimum absolute atomic E-state index is 0.0957. The molecule has 0 aliphatic heterocycles. The summed E-state index contributed by atoms with van der Waals surface area (Å²) in [4.78, 5) is -0.151. The summed E-state index contributed by atoms with van der Waals surface area (Å²) < 4.78 is 31.5. The summed E-state index contributed by atoms with van der Waals surface area (Å²) in [6.07, 6.45) is 21.6. The van der Waals surface area contributed by atoms with Crippen LogP contribution < -0.4 is 0 Å². The Kier molecular flexibility index (Phi) is 14.1. The molecule has 0 unspecified atom stereocenters. The van der Waals surface area contributed by atoms with Gasteiger partial charge in [-0.2, -0.15) is 8.42 Å². The Balaban J connectivity index is 1.95. The Hall–Kier alpha value is -1.07. The Morgan fingerprint density at radius 2 is 1.10 bits per heavy atom. The number of phenols is 1. The second-order valence-corrected chi connectivity index (χ2v) is 9.74. The molecule has 0 spiro atoms. The molecule has 0 radical (unpaired) electrons. The van der Waals surface area contributed by atoms with E-state index in [0.717, 1.165) is 12.8 Å². The minimum atomic E-state index is -4.21. The fraction of sp³-hybridized carbons (Fsp3) is 0.750. The maximum absolute atomic E-state index is 11.2. The highest BCUT2D eigenvalue weighted by molar-refractivity contribution is 7.85. The van der Waals surface area contributed by atoms with Gasteiger partial charge in [0.2, 0.25) is 0 Å². The number of rotatable bonds is 18. The molecule has 1 aromatic carbocycles. The van der Waals surface area contributed by atoms with E-state index in [-0.39, 0.29) is 10.6 Å². The molecule has 0 saturated heterocycles. The average Bonchev–Trinajstić information content (AvgIpc) is 2.68. The molecule has 0 atom stereocenters. The summed E-state index contributed by atoms with van der Waals surface area (Å²) in [5.74, 6) is 0.0957. The Morgan fingerprint density at radius 3 is 1.52 bits per heavy atom. The summed E-state index contributed by atoms with van der Waals surface area (Å²) >= 11 is 0. The first-order chi connectivity index (χ1) is 13.9. The van der Waals surface area contributed by atoms with Crippen molar-refractivity contribution in [2.24, 2.45) is 0 Å². The van der Waals surface area contributed by atoms with Crippen molar-refractivity contribution in [3.63, 3.8) is 0 Å². The van der Waals surface area contributed by atoms with Crippen molar-refractivity contribution < 1.29 is 18.1 Å². The van der Waals surface area contributed by atoms with Crippen molar-refractivity contribution >= 4 is 10.1 Å². The number of aromatic hydroxyl groups is 1. The van der Waals surface area contributed by atoms with Crippen LogP contribution in [0.2, 0.25) is 0 Å². The molecule has 1 rings (SSSR count). The first-order valence-corrected chi connectivity index (χ1v) is 13.2. The molecule has 0 aromatic heterocycles. The van der Waals surface area contributed by atoms with Gasteiger partial charge in [0.15, 0.2) is 0 Å². The maximum Gasteiger partial charge on any atom is 0.294 e. The lowest BCUT2D eigenvalue weighted by atomic mass is 10.0. The maximum atomic E-state index is 11.2. The first-order valence-electron chi connectivity index (χ1n) is 11.7. The minimum Gasteiger partial charge on any atom is -0.508 e. The van der Waals surface area contributed by atoms with Gasteiger partial charge in [0.1, 0.15) is 5.75 Å². The molecule has 29 heavy (non-hydrogen) atoms. The van der Waals surface area contributed by atoms with Gasteiger partial charge in [0.05, 0.1) is 4.90 Å². The van der Waals surface area contributed by atoms with Crippen LogP contribution in [0.25, 0.3) is 0 Å². The summed E-state index contributed by atoms with van der Waals surface area (Å²) in [6, 6.07) is 3.93. The molecule has 2 N–H and O–H groups in total. The third-order valence-corrected chi connectivity index (χ3v) is 6.50. The number of phenolic OH excluding ortho intramolecular Hbond substituents is 1. The van der Waals surface area contributed by atoms with Crippen LogP contribution in [0.4, 0.5) is 0 Å². The number of hydrogen-bond donors (Lipinski definition) is 2. The van der Waals surface area contributed by atoms with Crippen LogP contribution in [0.15, 0.2) is 23.1 Å². The van der Waals surface area contributed by atoms with E-state index in [0.29, 0.717) is 12.0 Å². The molecule has 0 aliphatic carbocycles. The number of aryl methyl sites for hydroxylation is 1. The molecule has 0 bridgehead atoms. The van der Waals surface area contributed by atoms with Crippen molar-refractivity contribution in [3.8, 4) is 5.75 Å². The lowest BCUT2D eigenvalue weighted by Gasteiger charge is -2.07. The first kappa shape index (κ1) is 26.0. The second-order valence-electron chi connectivity index (χ2n) is 8.32. The van der Waals surface area contributed by atoms with Crippen molar-refractivity contribution in [2.75, 3.05) is 0 Å². The molecular weight excluding hydrogens is 384 g/mol. The van der Waals surface area contributed by atoms with Gasteiger partial charge in [0.25, 0.3) is 10.1 Å². The van der Waals surface area contributed by atoms with Gasteiger partial charge in [-0.25, -0.2) is 0 Å². The Labute approximate surface area is 178 Å². The average molecular weight is 427 g/mol. The van der Waals surface area contributed by atoms with Crippen LogP contribution >= 0.6 is 0 Å². The zero-order valence-corrected chi connectivity index (χ0v) is 19.2. The summed E-state index contributed by atoms with van der Waals surface area (Å²) in [6.45, 7) is 2.26. The largest absolute Gasteiger partial charge is 0.508 e. The zero-order chi connectivity index (χ0) is 21.4. The molecule has 0 heterocycles. The van der Waals surface area contributed by atoms with Gasteiger partial charge in [0, 0.05) is 0 Å². The summed E-state index contributed by atoms with van der Waals surface area (Å²) in [5, 5.41) is 9.85. The molecule has 0 saturated carbocycles. The predicted molar refractivity (Wildman–Crippen MR) is 121 cm³/mol. The van der Waals surface area contributed by atoms with E-state index >= 15 is 0 Å². The summed E-state index contributed by atoms with van der Waals surface area (Å²) in [7, 11) is -4.21. The van der Waals surface area contributed by atoms with Crippen LogP contribution in [-0.4, -0.2) is 18.1 Å². The van der Waals surface area contributed by atoms with Gasteiger partial charge in [-0.3, -0.25) is 4.55 Å². The van der Waals surface area contributed by atoms with Gasteiger partial charge in [-0.1, -0.05) is 103 Å². The quantitative estimate of drug-likeness (QED) is 0.189. The van der Waals surface area contributed by atoms with Crippen LogP contribution in [0.1, 0.15) is 115 Å². The third-order valence-electron chi connectivity index (χ3n) is 5.65. The predicted octanol–water partition coefficient (Wildman–Crippen LogP) is 7.44. The molecular formula is C24H42O4S. The van der Waals surface area contributed by atoms with Crippen LogP contribution in [0, 0.1) is 0 Å². The topological polar surface area (TPSA) is 74.6 Å². The van der Waals surface area contributed by atoms with E-state index in [4.69, 9.17) is 4.55 Å². The smallest absolute Gasteiger partial charge is 0.294 e. The lowest BCUT2D eigenvalue weighted by molar-refractivity contribution is 0.463. The Bertz CT molecular complexity index is 640. The monoisotopic (exact) mass is 426 g/mol. The molecule has 0 amide bonds. The van der Waals surface area contributed by atoms with Crippen LogP contribution in [-0.2, 0) is 16.5 Å². The Morgan fingerprint density at radius 1 is 0.690 bits per heavy atom. The standard InChI is InChI=1S/C24H42O4S/c1-2-3-4-5-6-7-8-9-10-11-12-13-14-15-16-17-18-22-21-23(29(26,27)28)19-20-24(22)25/h19-21,25H,2-18H2,1H3,(H,26,27,28). The van der Waals surface area contributed by atoms with E-state index in [1.54, 1.807) is 0 Å². The lowest BCUT2D eigenvalue weighted by Crippen LogP contribution is -1.99. The van der Waals surface area contributed by atoms with E-state index in [1.165, 1.54) is 108 Å². The van der Waals surface area contributed by atoms with Gasteiger partial charge >= 0.3 is 0 Å². The molecule has 1 aromatic rings. The van der Waals surface area contributed by atoms with Crippen LogP contribution in [0.5, 0.6) is 5.75 Å². The van der Waals surface area contributed by atoms with Crippen molar-refractivity contribution in [2.45, 2.75) is 121 Å². The normalized spacial score (nSPS) is 11.8. The fourth-order valence-electron chi connectivity index (χ4n) is 3.79. The highest BCUT2D eigenvalue weighted by atomic mass is 32.2. The van der Waals surface area contributed by atoms with Crippen molar-refractivity contribution in [1.82, 2.24) is 0 Å². The molecule has 5 heteroatoms. The van der Waals surface area contributed by atoms with E-state index in [9.17, 15) is 13.5 Å². The number of hydrogen-bond acceptors (Lipinski definition) is 3. The fourth-order valence-corrected chi connectivity index (χ4v) is 4.32. The van der Waals surface area contributed by atoms with Gasteiger partial charge in [-0.05, 0) is 36.6 Å². The number of unbranched alkanes of at least 4 members (excludes halogenated alkanes) is 15. The molecule has 0 aliphatic rings. The van der Waals surface area contributed by atoms with E-state index < -0.39 is 10.1 Å². The van der Waals surface area contributed by atoms with E-state index in [2.05, 4.69) is 6.92 Å². The summed E-state index contributed by atoms with van der Waals surface area (Å²) in [5.41, 5.74) is 0.588. The third kappa shape index (κ3) is 13.0.